The standard InChI is InChI=1S/C8H6ClF3N2O2/c9-6-4(5(13)7(15)16)1-3(2-14-6)8(10,11)12/h1-2,5H,13H2,(H,15,16). The van der Waals surface area contributed by atoms with Gasteiger partial charge in [0.2, 0.25) is 0 Å². The Morgan fingerprint density at radius 2 is 2.12 bits per heavy atom. The predicted molar refractivity (Wildman–Crippen MR) is 48.8 cm³/mol. The lowest BCUT2D eigenvalue weighted by molar-refractivity contribution is -0.140. The normalized spacial score (nSPS) is 13.6. The molecule has 0 saturated heterocycles. The van der Waals surface area contributed by atoms with Gasteiger partial charge in [-0.15, -0.1) is 0 Å². The van der Waals surface area contributed by atoms with Crippen molar-refractivity contribution in [2.75, 3.05) is 0 Å². The van der Waals surface area contributed by atoms with Crippen molar-refractivity contribution in [3.8, 4) is 0 Å². The molecule has 1 rings (SSSR count). The third kappa shape index (κ3) is 2.61. The van der Waals surface area contributed by atoms with Crippen LogP contribution in [0, 0.1) is 0 Å². The Kier molecular flexibility index (Phi) is 3.39. The van der Waals surface area contributed by atoms with Gasteiger partial charge in [0.1, 0.15) is 11.2 Å². The Morgan fingerprint density at radius 3 is 2.56 bits per heavy atom. The second-order valence-electron chi connectivity index (χ2n) is 2.92. The van der Waals surface area contributed by atoms with Crippen LogP contribution in [-0.4, -0.2) is 16.1 Å². The van der Waals surface area contributed by atoms with E-state index in [0.717, 1.165) is 0 Å². The highest BCUT2D eigenvalue weighted by Crippen LogP contribution is 2.32. The van der Waals surface area contributed by atoms with Gasteiger partial charge < -0.3 is 10.8 Å². The molecule has 0 bridgehead atoms. The highest BCUT2D eigenvalue weighted by molar-refractivity contribution is 6.30. The minimum absolute atomic E-state index is 0.358. The molecule has 0 aromatic carbocycles. The number of aromatic nitrogens is 1. The van der Waals surface area contributed by atoms with Crippen LogP contribution in [0.15, 0.2) is 12.3 Å². The molecule has 0 radical (unpaired) electrons. The number of nitrogens with two attached hydrogens (primary N) is 1. The largest absolute Gasteiger partial charge is 0.480 e. The Bertz CT molecular complexity index is 422. The topological polar surface area (TPSA) is 76.2 Å². The third-order valence-electron chi connectivity index (χ3n) is 1.79. The average Bonchev–Trinajstić information content (AvgIpc) is 2.15. The van der Waals surface area contributed by atoms with Crippen LogP contribution in [-0.2, 0) is 11.0 Å². The molecule has 1 aromatic heterocycles. The Balaban J connectivity index is 3.24. The molecule has 4 nitrogen and oxygen atoms in total. The number of hydrogen-bond acceptors (Lipinski definition) is 3. The van der Waals surface area contributed by atoms with Gasteiger partial charge in [-0.1, -0.05) is 11.6 Å². The summed E-state index contributed by atoms with van der Waals surface area (Å²) in [4.78, 5) is 13.8. The molecule has 1 heterocycles. The van der Waals surface area contributed by atoms with E-state index in [1.165, 1.54) is 0 Å². The number of carboxylic acid groups (broad SMARTS) is 1. The maximum atomic E-state index is 12.3. The predicted octanol–water partition coefficient (Wildman–Crippen LogP) is 1.84. The van der Waals surface area contributed by atoms with Crippen LogP contribution in [0.5, 0.6) is 0 Å². The molecule has 1 unspecified atom stereocenters. The number of halogens is 4. The number of pyridine rings is 1. The van der Waals surface area contributed by atoms with Gasteiger partial charge in [0, 0.05) is 11.8 Å². The first-order valence-corrected chi connectivity index (χ1v) is 4.32. The molecule has 0 amide bonds. The molecular weight excluding hydrogens is 249 g/mol. The highest BCUT2D eigenvalue weighted by atomic mass is 35.5. The zero-order valence-corrected chi connectivity index (χ0v) is 8.38. The molecule has 3 N–H and O–H groups in total. The zero-order chi connectivity index (χ0) is 12.5. The first-order chi connectivity index (χ1) is 7.23. The fourth-order valence-electron chi connectivity index (χ4n) is 0.971. The summed E-state index contributed by atoms with van der Waals surface area (Å²) < 4.78 is 36.9. The second-order valence-corrected chi connectivity index (χ2v) is 3.28. The Labute approximate surface area is 92.8 Å². The summed E-state index contributed by atoms with van der Waals surface area (Å²) in [5, 5.41) is 8.20. The van der Waals surface area contributed by atoms with Crippen LogP contribution >= 0.6 is 11.6 Å². The van der Waals surface area contributed by atoms with E-state index in [1.807, 2.05) is 0 Å². The van der Waals surface area contributed by atoms with Gasteiger partial charge in [-0.25, -0.2) is 4.98 Å². The molecule has 1 atom stereocenters. The van der Waals surface area contributed by atoms with E-state index >= 15 is 0 Å². The van der Waals surface area contributed by atoms with Crippen molar-refractivity contribution in [2.45, 2.75) is 12.2 Å². The summed E-state index contributed by atoms with van der Waals surface area (Å²) in [6.07, 6.45) is -4.11. The van der Waals surface area contributed by atoms with E-state index in [1.54, 1.807) is 0 Å². The molecule has 1 aromatic rings. The van der Waals surface area contributed by atoms with E-state index in [-0.39, 0.29) is 10.7 Å². The number of carbonyl (C=O) groups is 1. The first kappa shape index (κ1) is 12.7. The van der Waals surface area contributed by atoms with Gasteiger partial charge in [-0.2, -0.15) is 13.2 Å². The summed E-state index contributed by atoms with van der Waals surface area (Å²) in [6, 6.07) is -1.06. The maximum absolute atomic E-state index is 12.3. The molecule has 8 heteroatoms. The monoisotopic (exact) mass is 254 g/mol. The zero-order valence-electron chi connectivity index (χ0n) is 7.62. The maximum Gasteiger partial charge on any atom is 0.417 e. The van der Waals surface area contributed by atoms with Gasteiger partial charge in [-0.3, -0.25) is 4.79 Å². The van der Waals surface area contributed by atoms with E-state index in [0.29, 0.717) is 12.3 Å². The molecule has 0 spiro atoms. The van der Waals surface area contributed by atoms with Crippen LogP contribution in [0.3, 0.4) is 0 Å². The third-order valence-corrected chi connectivity index (χ3v) is 2.11. The number of rotatable bonds is 2. The second kappa shape index (κ2) is 4.26. The summed E-state index contributed by atoms with van der Waals surface area (Å²) in [5.74, 6) is -1.48. The molecule has 0 fully saturated rings. The summed E-state index contributed by atoms with van der Waals surface area (Å²) in [6.45, 7) is 0. The minimum Gasteiger partial charge on any atom is -0.480 e. The van der Waals surface area contributed by atoms with Crippen molar-refractivity contribution in [2.24, 2.45) is 5.73 Å². The van der Waals surface area contributed by atoms with E-state index in [4.69, 9.17) is 22.4 Å². The van der Waals surface area contributed by atoms with Crippen molar-refractivity contribution in [3.05, 3.63) is 28.5 Å². The van der Waals surface area contributed by atoms with Gasteiger partial charge in [0.05, 0.1) is 5.56 Å². The summed E-state index contributed by atoms with van der Waals surface area (Å²) in [5.41, 5.74) is 3.69. The molecule has 0 aliphatic heterocycles. The number of nitrogens with zero attached hydrogens (tertiary/aromatic N) is 1. The molecule has 16 heavy (non-hydrogen) atoms. The number of carboxylic acids is 1. The van der Waals surface area contributed by atoms with Gasteiger partial charge >= 0.3 is 12.1 Å². The molecule has 0 saturated carbocycles. The first-order valence-electron chi connectivity index (χ1n) is 3.94. The lowest BCUT2D eigenvalue weighted by Gasteiger charge is -2.12. The smallest absolute Gasteiger partial charge is 0.417 e. The van der Waals surface area contributed by atoms with Gasteiger partial charge in [-0.05, 0) is 6.07 Å². The van der Waals surface area contributed by atoms with Crippen molar-refractivity contribution >= 4 is 17.6 Å². The Morgan fingerprint density at radius 1 is 1.56 bits per heavy atom. The molecule has 88 valence electrons. The Hall–Kier alpha value is -1.34. The lowest BCUT2D eigenvalue weighted by atomic mass is 10.1. The van der Waals surface area contributed by atoms with Crippen LogP contribution < -0.4 is 5.73 Å². The van der Waals surface area contributed by atoms with Crippen molar-refractivity contribution in [1.82, 2.24) is 4.98 Å². The SMILES string of the molecule is NC(C(=O)O)c1cc(C(F)(F)F)cnc1Cl. The van der Waals surface area contributed by atoms with E-state index < -0.39 is 23.8 Å². The van der Waals surface area contributed by atoms with Crippen molar-refractivity contribution in [3.63, 3.8) is 0 Å². The molecule has 0 aliphatic carbocycles. The van der Waals surface area contributed by atoms with E-state index in [2.05, 4.69) is 4.98 Å². The number of aliphatic carboxylic acids is 1. The van der Waals surface area contributed by atoms with Crippen LogP contribution in [0.25, 0.3) is 0 Å². The van der Waals surface area contributed by atoms with Crippen molar-refractivity contribution < 1.29 is 23.1 Å². The molecule has 0 aliphatic rings. The molecular formula is C8H6ClF3N2O2. The quantitative estimate of drug-likeness (QED) is 0.790. The fourth-order valence-corrected chi connectivity index (χ4v) is 1.19. The summed E-state index contributed by atoms with van der Waals surface area (Å²) in [7, 11) is 0. The highest BCUT2D eigenvalue weighted by Gasteiger charge is 2.32. The summed E-state index contributed by atoms with van der Waals surface area (Å²) >= 11 is 5.46. The van der Waals surface area contributed by atoms with Crippen LogP contribution in [0.4, 0.5) is 13.2 Å². The van der Waals surface area contributed by atoms with Crippen molar-refractivity contribution in [1.29, 1.82) is 0 Å². The number of alkyl halides is 3. The number of hydrogen-bond donors (Lipinski definition) is 2. The average molecular weight is 255 g/mol. The van der Waals surface area contributed by atoms with Crippen LogP contribution in [0.2, 0.25) is 5.15 Å². The van der Waals surface area contributed by atoms with Gasteiger partial charge in [0.25, 0.3) is 0 Å². The lowest BCUT2D eigenvalue weighted by Crippen LogP contribution is -2.22. The minimum atomic E-state index is -4.62. The van der Waals surface area contributed by atoms with Crippen LogP contribution in [0.1, 0.15) is 17.2 Å². The fraction of sp³-hybridized carbons (Fsp3) is 0.250. The van der Waals surface area contributed by atoms with E-state index in [9.17, 15) is 18.0 Å². The van der Waals surface area contributed by atoms with Gasteiger partial charge in [0.15, 0.2) is 0 Å².